The van der Waals surface area contributed by atoms with Crippen LogP contribution in [0.15, 0.2) is 199 Å². The molecule has 10 rings (SSSR count). The van der Waals surface area contributed by atoms with Crippen molar-refractivity contribution in [2.45, 2.75) is 6.92 Å². The van der Waals surface area contributed by atoms with E-state index >= 15 is 0 Å². The molecule has 10 aromatic rings. The van der Waals surface area contributed by atoms with E-state index in [4.69, 9.17) is 19.4 Å². The Labute approximate surface area is 330 Å². The van der Waals surface area contributed by atoms with Crippen LogP contribution in [-0.2, 0) is 0 Å². The van der Waals surface area contributed by atoms with Gasteiger partial charge in [0.05, 0.1) is 16.4 Å². The van der Waals surface area contributed by atoms with Gasteiger partial charge in [0.2, 0.25) is 0 Å². The lowest BCUT2D eigenvalue weighted by atomic mass is 9.93. The second-order valence-electron chi connectivity index (χ2n) is 14.0. The van der Waals surface area contributed by atoms with Crippen LogP contribution in [0.5, 0.6) is 0 Å². The summed E-state index contributed by atoms with van der Waals surface area (Å²) in [5, 5.41) is 4.55. The van der Waals surface area contributed by atoms with E-state index in [0.717, 1.165) is 77.6 Å². The van der Waals surface area contributed by atoms with Crippen molar-refractivity contribution >= 4 is 49.3 Å². The molecule has 57 heavy (non-hydrogen) atoms. The van der Waals surface area contributed by atoms with Crippen LogP contribution in [-0.4, -0.2) is 19.5 Å². The minimum absolute atomic E-state index is 0.568. The average Bonchev–Trinajstić information content (AvgIpc) is 3.82. The Morgan fingerprint density at radius 2 is 1.25 bits per heavy atom. The van der Waals surface area contributed by atoms with Crippen LogP contribution in [0.3, 0.4) is 0 Å². The minimum Gasteiger partial charge on any atom is -0.456 e. The van der Waals surface area contributed by atoms with Gasteiger partial charge >= 0.3 is 0 Å². The molecule has 0 atom stereocenters. The molecule has 0 aliphatic heterocycles. The molecule has 3 aromatic heterocycles. The second kappa shape index (κ2) is 14.2. The Morgan fingerprint density at radius 3 is 2.02 bits per heavy atom. The number of allylic oxidation sites excluding steroid dienone is 5. The van der Waals surface area contributed by atoms with Gasteiger partial charge in [-0.1, -0.05) is 146 Å². The predicted octanol–water partition coefficient (Wildman–Crippen LogP) is 13.7. The largest absolute Gasteiger partial charge is 0.456 e. The number of para-hydroxylation sites is 2. The lowest BCUT2D eigenvalue weighted by molar-refractivity contribution is 0.669. The Hall–Kier alpha value is -7.63. The quantitative estimate of drug-likeness (QED) is 0.146. The van der Waals surface area contributed by atoms with E-state index in [0.29, 0.717) is 17.5 Å². The summed E-state index contributed by atoms with van der Waals surface area (Å²) in [6.07, 6.45) is 7.68. The highest BCUT2D eigenvalue weighted by Gasteiger charge is 2.21. The molecule has 3 heterocycles. The van der Waals surface area contributed by atoms with Gasteiger partial charge in [0, 0.05) is 38.5 Å². The Kier molecular flexibility index (Phi) is 8.46. The summed E-state index contributed by atoms with van der Waals surface area (Å²) in [5.74, 6) is 1.74. The molecule has 0 unspecified atom stereocenters. The first-order chi connectivity index (χ1) is 28.2. The summed E-state index contributed by atoms with van der Waals surface area (Å²) in [4.78, 5) is 15.3. The van der Waals surface area contributed by atoms with Crippen molar-refractivity contribution in [1.29, 1.82) is 0 Å². The van der Waals surface area contributed by atoms with Crippen LogP contribution in [0.2, 0.25) is 0 Å². The molecule has 0 bridgehead atoms. The molecule has 0 radical (unpaired) electrons. The van der Waals surface area contributed by atoms with Crippen LogP contribution in [0.1, 0.15) is 12.7 Å². The summed E-state index contributed by atoms with van der Waals surface area (Å²) in [7, 11) is 0. The van der Waals surface area contributed by atoms with Crippen molar-refractivity contribution in [3.63, 3.8) is 0 Å². The smallest absolute Gasteiger partial charge is 0.164 e. The maximum atomic E-state index is 6.75. The molecular weight excluding hydrogens is 697 g/mol. The van der Waals surface area contributed by atoms with Gasteiger partial charge in [-0.25, -0.2) is 15.0 Å². The van der Waals surface area contributed by atoms with Gasteiger partial charge in [0.15, 0.2) is 17.5 Å². The van der Waals surface area contributed by atoms with E-state index in [1.165, 1.54) is 10.8 Å². The van der Waals surface area contributed by atoms with Gasteiger partial charge in [0.25, 0.3) is 0 Å². The zero-order chi connectivity index (χ0) is 38.3. The van der Waals surface area contributed by atoms with E-state index in [1.807, 2.05) is 61.5 Å². The first kappa shape index (κ1) is 33.9. The van der Waals surface area contributed by atoms with E-state index in [9.17, 15) is 0 Å². The fourth-order valence-electron chi connectivity index (χ4n) is 7.97. The van der Waals surface area contributed by atoms with Crippen molar-refractivity contribution in [2.24, 2.45) is 0 Å². The fraction of sp³-hybridized carbons (Fsp3) is 0.0192. The Morgan fingerprint density at radius 1 is 0.561 bits per heavy atom. The molecule has 5 heteroatoms. The van der Waals surface area contributed by atoms with Gasteiger partial charge in [-0.3, -0.25) is 0 Å². The van der Waals surface area contributed by atoms with E-state index in [-0.39, 0.29) is 0 Å². The molecule has 0 fully saturated rings. The minimum atomic E-state index is 0.568. The van der Waals surface area contributed by atoms with Crippen LogP contribution in [0, 0.1) is 0 Å². The van der Waals surface area contributed by atoms with Gasteiger partial charge in [-0.15, -0.1) is 0 Å². The third kappa shape index (κ3) is 5.94. The number of fused-ring (bicyclic) bond motifs is 7. The van der Waals surface area contributed by atoms with Crippen LogP contribution < -0.4 is 0 Å². The lowest BCUT2D eigenvalue weighted by Crippen LogP contribution is -2.03. The number of benzene rings is 7. The molecule has 0 aliphatic rings. The number of aromatic nitrogens is 4. The highest BCUT2D eigenvalue weighted by atomic mass is 16.3. The summed E-state index contributed by atoms with van der Waals surface area (Å²) >= 11 is 0. The molecule has 0 amide bonds. The molecule has 5 nitrogen and oxygen atoms in total. The monoisotopic (exact) mass is 732 g/mol. The van der Waals surface area contributed by atoms with E-state index < -0.39 is 0 Å². The van der Waals surface area contributed by atoms with Crippen molar-refractivity contribution in [1.82, 2.24) is 19.5 Å². The normalized spacial score (nSPS) is 12.1. The average molecular weight is 733 g/mol. The maximum Gasteiger partial charge on any atom is 0.164 e. The first-order valence-corrected chi connectivity index (χ1v) is 19.1. The van der Waals surface area contributed by atoms with Gasteiger partial charge in [-0.2, -0.15) is 0 Å². The van der Waals surface area contributed by atoms with Crippen molar-refractivity contribution in [2.75, 3.05) is 0 Å². The molecule has 0 saturated carbocycles. The van der Waals surface area contributed by atoms with Crippen LogP contribution in [0.4, 0.5) is 0 Å². The number of furan rings is 1. The highest BCUT2D eigenvalue weighted by Crippen LogP contribution is 2.43. The number of hydrogen-bond donors (Lipinski definition) is 0. The van der Waals surface area contributed by atoms with Gasteiger partial charge in [0.1, 0.15) is 11.2 Å². The highest BCUT2D eigenvalue weighted by molar-refractivity contribution is 6.24. The zero-order valence-corrected chi connectivity index (χ0v) is 31.3. The summed E-state index contributed by atoms with van der Waals surface area (Å²) in [6, 6.07) is 57.0. The predicted molar refractivity (Wildman–Crippen MR) is 236 cm³/mol. The molecule has 0 spiro atoms. The third-order valence-electron chi connectivity index (χ3n) is 10.5. The number of hydrogen-bond acceptors (Lipinski definition) is 4. The number of nitrogens with zero attached hydrogens (tertiary/aromatic N) is 4. The second-order valence-corrected chi connectivity index (χ2v) is 14.0. The first-order valence-electron chi connectivity index (χ1n) is 19.1. The van der Waals surface area contributed by atoms with Crippen LogP contribution >= 0.6 is 0 Å². The van der Waals surface area contributed by atoms with Crippen molar-refractivity contribution < 1.29 is 4.42 Å². The molecule has 0 saturated heterocycles. The SMILES string of the molecule is C=C/C=C(\C=C/C)c1nc(-c2ccccc2)nc(-c2cc(-c3ccccc3)ccc2-c2ccc3c(c2)oc2ccc4c5ccccc5n(-c5ccccc5)c4c23)n1. The third-order valence-corrected chi connectivity index (χ3v) is 10.5. The Bertz CT molecular complexity index is 3190. The summed E-state index contributed by atoms with van der Waals surface area (Å²) in [6.45, 7) is 5.95. The van der Waals surface area contributed by atoms with Crippen molar-refractivity contribution in [3.8, 4) is 50.7 Å². The molecule has 0 N–H and O–H groups in total. The Balaban J connectivity index is 1.22. The maximum absolute atomic E-state index is 6.75. The van der Waals surface area contributed by atoms with Crippen molar-refractivity contribution in [3.05, 3.63) is 200 Å². The van der Waals surface area contributed by atoms with Gasteiger partial charge < -0.3 is 8.98 Å². The summed E-state index contributed by atoms with van der Waals surface area (Å²) < 4.78 is 9.11. The topological polar surface area (TPSA) is 56.7 Å². The molecular formula is C52H36N4O. The molecule has 7 aromatic carbocycles. The fourth-order valence-corrected chi connectivity index (χ4v) is 7.97. The number of rotatable bonds is 8. The zero-order valence-electron chi connectivity index (χ0n) is 31.3. The lowest BCUT2D eigenvalue weighted by Gasteiger charge is -2.14. The van der Waals surface area contributed by atoms with Gasteiger partial charge in [-0.05, 0) is 77.7 Å². The standard InChI is InChI=1S/C52H36N4O/c1-3-16-35(17-4-2)50-53-51(36-20-10-6-11-21-36)55-52(54-50)44-32-37(34-18-8-5-9-19-34)26-28-40(44)38-27-29-43-47(33-38)57-46-31-30-42-41-24-14-15-25-45(41)56(49(42)48(43)46)39-22-12-7-13-23-39/h3-33H,1H2,2H3/b17-4-,35-16+. The molecule has 0 aliphatic carbocycles. The van der Waals surface area contributed by atoms with E-state index in [1.54, 1.807) is 6.08 Å². The van der Waals surface area contributed by atoms with E-state index in [2.05, 4.69) is 139 Å². The van der Waals surface area contributed by atoms with Crippen LogP contribution in [0.25, 0.3) is 100 Å². The molecule has 270 valence electrons. The summed E-state index contributed by atoms with van der Waals surface area (Å²) in [5.41, 5.74) is 11.8.